The van der Waals surface area contributed by atoms with Gasteiger partial charge in [0.1, 0.15) is 6.54 Å². The molecule has 1 saturated carbocycles. The molecule has 10 heteroatoms. The van der Waals surface area contributed by atoms with Gasteiger partial charge in [0.15, 0.2) is 11.6 Å². The van der Waals surface area contributed by atoms with Crippen molar-refractivity contribution in [3.8, 4) is 5.75 Å². The van der Waals surface area contributed by atoms with Gasteiger partial charge in [0, 0.05) is 18.2 Å². The molecule has 0 bridgehead atoms. The van der Waals surface area contributed by atoms with E-state index >= 15 is 0 Å². The molecule has 1 atom stereocenters. The molecule has 1 aliphatic heterocycles. The second kappa shape index (κ2) is 9.12. The van der Waals surface area contributed by atoms with Crippen LogP contribution in [0.25, 0.3) is 0 Å². The maximum Gasteiger partial charge on any atom is 0.324 e. The van der Waals surface area contributed by atoms with E-state index in [1.54, 1.807) is 6.07 Å². The highest BCUT2D eigenvalue weighted by Crippen LogP contribution is 2.40. The van der Waals surface area contributed by atoms with Crippen LogP contribution in [0.4, 0.5) is 9.18 Å². The van der Waals surface area contributed by atoms with Gasteiger partial charge in [-0.05, 0) is 56.1 Å². The van der Waals surface area contributed by atoms with Gasteiger partial charge in [0.2, 0.25) is 15.9 Å². The van der Waals surface area contributed by atoms with Gasteiger partial charge in [0.25, 0.3) is 0 Å². The maximum absolute atomic E-state index is 14.3. The van der Waals surface area contributed by atoms with E-state index in [0.29, 0.717) is 51.2 Å². The normalized spacial score (nSPS) is 20.8. The Bertz CT molecular complexity index is 964. The molecule has 1 aromatic rings. The number of imide groups is 1. The van der Waals surface area contributed by atoms with E-state index in [4.69, 9.17) is 4.74 Å². The summed E-state index contributed by atoms with van der Waals surface area (Å²) in [5.41, 5.74) is 1.56. The van der Waals surface area contributed by atoms with Crippen LogP contribution in [-0.2, 0) is 21.2 Å². The minimum absolute atomic E-state index is 0.0177. The monoisotopic (exact) mass is 453 g/mol. The summed E-state index contributed by atoms with van der Waals surface area (Å²) >= 11 is 0. The molecule has 0 unspecified atom stereocenters. The average Bonchev–Trinajstić information content (AvgIpc) is 3.37. The minimum atomic E-state index is -3.50. The van der Waals surface area contributed by atoms with Gasteiger partial charge in [-0.3, -0.25) is 10.1 Å². The highest BCUT2D eigenvalue weighted by molar-refractivity contribution is 7.89. The number of halogens is 1. The Labute approximate surface area is 181 Å². The van der Waals surface area contributed by atoms with Crippen LogP contribution in [0.15, 0.2) is 12.1 Å². The molecule has 0 spiro atoms. The number of ether oxygens (including phenoxy) is 1. The van der Waals surface area contributed by atoms with E-state index in [1.807, 2.05) is 0 Å². The predicted octanol–water partition coefficient (Wildman–Crippen LogP) is 2.24. The first-order chi connectivity index (χ1) is 14.8. The second-order valence-electron chi connectivity index (χ2n) is 8.56. The van der Waals surface area contributed by atoms with Crippen LogP contribution in [0.3, 0.4) is 0 Å². The van der Waals surface area contributed by atoms with Gasteiger partial charge in [-0.1, -0.05) is 12.5 Å². The lowest BCUT2D eigenvalue weighted by atomic mass is 10.1. The van der Waals surface area contributed by atoms with Crippen LogP contribution in [0.2, 0.25) is 0 Å². The fraction of sp³-hybridized carbons (Fsp3) is 0.619. The van der Waals surface area contributed by atoms with Gasteiger partial charge in [0.05, 0.1) is 12.4 Å². The second-order valence-corrected chi connectivity index (χ2v) is 10.4. The molecule has 2 N–H and O–H groups in total. The Morgan fingerprint density at radius 3 is 2.68 bits per heavy atom. The number of unbranched alkanes of at least 4 members (excludes halogenated alkanes) is 2. The molecule has 8 nitrogen and oxygen atoms in total. The molecule has 0 radical (unpaired) electrons. The highest BCUT2D eigenvalue weighted by atomic mass is 32.2. The third-order valence-electron chi connectivity index (χ3n) is 6.00. The highest BCUT2D eigenvalue weighted by Gasteiger charge is 2.31. The number of hydrogen-bond donors (Lipinski definition) is 2. The topological polar surface area (TPSA) is 105 Å². The van der Waals surface area contributed by atoms with Crippen molar-refractivity contribution in [1.82, 2.24) is 14.9 Å². The van der Waals surface area contributed by atoms with Crippen LogP contribution in [0.1, 0.15) is 55.7 Å². The van der Waals surface area contributed by atoms with E-state index in [-0.39, 0.29) is 30.0 Å². The van der Waals surface area contributed by atoms with Crippen molar-refractivity contribution < 1.29 is 27.1 Å². The molecule has 3 amide bonds. The molecular formula is C21H28FN3O5S. The number of rotatable bonds is 11. The third kappa shape index (κ3) is 5.54. The van der Waals surface area contributed by atoms with Gasteiger partial charge >= 0.3 is 6.03 Å². The van der Waals surface area contributed by atoms with Crippen molar-refractivity contribution in [3.05, 3.63) is 29.1 Å². The minimum Gasteiger partial charge on any atom is -0.490 e. The number of hydrogen-bond acceptors (Lipinski definition) is 5. The van der Waals surface area contributed by atoms with Crippen molar-refractivity contribution in [3.63, 3.8) is 0 Å². The number of urea groups is 1. The number of sulfonamides is 1. The predicted molar refractivity (Wildman–Crippen MR) is 112 cm³/mol. The summed E-state index contributed by atoms with van der Waals surface area (Å²) < 4.78 is 47.8. The summed E-state index contributed by atoms with van der Waals surface area (Å²) in [5, 5.41) is 2.21. The molecule has 31 heavy (non-hydrogen) atoms. The van der Waals surface area contributed by atoms with Gasteiger partial charge in [-0.25, -0.2) is 22.3 Å². The summed E-state index contributed by atoms with van der Waals surface area (Å²) in [6, 6.07) is 2.24. The lowest BCUT2D eigenvalue weighted by Gasteiger charge is -2.16. The van der Waals surface area contributed by atoms with Gasteiger partial charge in [-0.15, -0.1) is 0 Å². The first-order valence-electron chi connectivity index (χ1n) is 10.9. The Morgan fingerprint density at radius 2 is 1.97 bits per heavy atom. The molecular weight excluding hydrogens is 425 g/mol. The molecule has 1 saturated heterocycles. The lowest BCUT2D eigenvalue weighted by molar-refractivity contribution is -0.118. The van der Waals surface area contributed by atoms with E-state index in [2.05, 4.69) is 10.0 Å². The van der Waals surface area contributed by atoms with Crippen molar-refractivity contribution in [1.29, 1.82) is 0 Å². The number of benzene rings is 1. The third-order valence-corrected chi connectivity index (χ3v) is 7.47. The zero-order valence-corrected chi connectivity index (χ0v) is 18.2. The lowest BCUT2D eigenvalue weighted by Crippen LogP contribution is -2.30. The van der Waals surface area contributed by atoms with E-state index < -0.39 is 21.9 Å². The van der Waals surface area contributed by atoms with Gasteiger partial charge in [-0.2, -0.15) is 0 Å². The van der Waals surface area contributed by atoms with Crippen molar-refractivity contribution >= 4 is 22.0 Å². The fourth-order valence-corrected chi connectivity index (χ4v) is 5.50. The zero-order chi connectivity index (χ0) is 22.0. The summed E-state index contributed by atoms with van der Waals surface area (Å²) in [4.78, 5) is 24.1. The van der Waals surface area contributed by atoms with E-state index in [1.165, 1.54) is 11.0 Å². The van der Waals surface area contributed by atoms with Crippen molar-refractivity contribution in [2.45, 2.75) is 51.0 Å². The fourth-order valence-electron chi connectivity index (χ4n) is 4.12. The molecule has 1 aromatic carbocycles. The molecule has 1 heterocycles. The Morgan fingerprint density at radius 1 is 1.16 bits per heavy atom. The largest absolute Gasteiger partial charge is 0.490 e. The first kappa shape index (κ1) is 22.0. The summed E-state index contributed by atoms with van der Waals surface area (Å²) in [6.07, 6.45) is 5.10. The molecule has 2 aliphatic carbocycles. The molecule has 3 aliphatic rings. The molecule has 2 fully saturated rings. The summed E-state index contributed by atoms with van der Waals surface area (Å²) in [7, 11) is -3.50. The SMILES string of the molecule is O=C1CN(CCCCCS(=O)(=O)N[C@H]2CCc3c2ccc(F)c3OCC2CC2)C(=O)N1. The number of carbonyl (C=O) groups excluding carboxylic acids is 2. The van der Waals surface area contributed by atoms with Crippen LogP contribution in [0, 0.1) is 11.7 Å². The standard InChI is InChI=1S/C21H28FN3O5S/c22-17-8-6-15-16(20(17)30-13-14-4-5-14)7-9-18(15)24-31(28,29)11-3-1-2-10-25-12-19(26)23-21(25)27/h6,8,14,18,24H,1-5,7,9-13H2,(H,23,26,27)/t18-/m0/s1. The first-order valence-corrected chi connectivity index (χ1v) is 12.5. The van der Waals surface area contributed by atoms with Gasteiger partial charge < -0.3 is 9.64 Å². The number of nitrogens with one attached hydrogen (secondary N) is 2. The van der Waals surface area contributed by atoms with Crippen molar-refractivity contribution in [2.75, 3.05) is 25.4 Å². The average molecular weight is 454 g/mol. The van der Waals surface area contributed by atoms with E-state index in [0.717, 1.165) is 24.0 Å². The quantitative estimate of drug-likeness (QED) is 0.395. The van der Waals surface area contributed by atoms with Crippen LogP contribution >= 0.6 is 0 Å². The Hall–Kier alpha value is -2.20. The smallest absolute Gasteiger partial charge is 0.324 e. The molecule has 0 aromatic heterocycles. The number of fused-ring (bicyclic) bond motifs is 1. The number of carbonyl (C=O) groups is 2. The molecule has 170 valence electrons. The van der Waals surface area contributed by atoms with E-state index in [9.17, 15) is 22.4 Å². The zero-order valence-electron chi connectivity index (χ0n) is 17.4. The number of amides is 3. The molecule has 4 rings (SSSR count). The van der Waals surface area contributed by atoms with Crippen LogP contribution in [-0.4, -0.2) is 50.7 Å². The summed E-state index contributed by atoms with van der Waals surface area (Å²) in [6.45, 7) is 1.000. The Kier molecular flexibility index (Phi) is 6.47. The summed E-state index contributed by atoms with van der Waals surface area (Å²) in [5.74, 6) is 0.0589. The Balaban J connectivity index is 1.26. The van der Waals surface area contributed by atoms with Crippen LogP contribution < -0.4 is 14.8 Å². The van der Waals surface area contributed by atoms with Crippen molar-refractivity contribution in [2.24, 2.45) is 5.92 Å². The van der Waals surface area contributed by atoms with Crippen LogP contribution in [0.5, 0.6) is 5.75 Å². The number of nitrogens with zero attached hydrogens (tertiary/aromatic N) is 1. The maximum atomic E-state index is 14.3.